The van der Waals surface area contributed by atoms with Crippen LogP contribution >= 0.6 is 11.8 Å². The van der Waals surface area contributed by atoms with Crippen molar-refractivity contribution in [2.24, 2.45) is 0 Å². The van der Waals surface area contributed by atoms with E-state index in [4.69, 9.17) is 10.2 Å². The maximum absolute atomic E-state index is 12.3. The van der Waals surface area contributed by atoms with Crippen molar-refractivity contribution in [1.29, 1.82) is 0 Å². The van der Waals surface area contributed by atoms with Crippen LogP contribution in [0.5, 0.6) is 0 Å². The summed E-state index contributed by atoms with van der Waals surface area (Å²) < 4.78 is 0. The predicted molar refractivity (Wildman–Crippen MR) is 125 cm³/mol. The van der Waals surface area contributed by atoms with Gasteiger partial charge in [-0.2, -0.15) is 0 Å². The van der Waals surface area contributed by atoms with Gasteiger partial charge < -0.3 is 20.8 Å². The molecule has 8 nitrogen and oxygen atoms in total. The minimum absolute atomic E-state index is 0.170. The third kappa shape index (κ3) is 10.8. The molecule has 2 aromatic rings. The number of aliphatic carboxylic acids is 2. The van der Waals surface area contributed by atoms with E-state index in [1.54, 1.807) is 18.3 Å². The summed E-state index contributed by atoms with van der Waals surface area (Å²) in [7, 11) is 0. The molecule has 2 amide bonds. The van der Waals surface area contributed by atoms with Gasteiger partial charge in [0, 0.05) is 30.4 Å². The molecular formula is C23H29N3O5S. The maximum Gasteiger partial charge on any atom is 0.323 e. The number of amides is 2. The lowest BCUT2D eigenvalue weighted by atomic mass is 10.1. The molecule has 0 spiro atoms. The zero-order valence-electron chi connectivity index (χ0n) is 17.9. The highest BCUT2D eigenvalue weighted by atomic mass is 32.2. The summed E-state index contributed by atoms with van der Waals surface area (Å²) in [5.41, 5.74) is 2.45. The first-order valence-electron chi connectivity index (χ1n) is 10.6. The Morgan fingerprint density at radius 3 is 2.16 bits per heavy atom. The highest BCUT2D eigenvalue weighted by molar-refractivity contribution is 7.99. The van der Waals surface area contributed by atoms with E-state index in [-0.39, 0.29) is 18.9 Å². The summed E-state index contributed by atoms with van der Waals surface area (Å²) in [5.74, 6) is -0.775. The van der Waals surface area contributed by atoms with E-state index < -0.39 is 11.9 Å². The van der Waals surface area contributed by atoms with Crippen molar-refractivity contribution in [3.63, 3.8) is 0 Å². The molecule has 0 saturated carbocycles. The molecule has 0 unspecified atom stereocenters. The third-order valence-corrected chi connectivity index (χ3v) is 5.61. The minimum Gasteiger partial charge on any atom is -0.481 e. The van der Waals surface area contributed by atoms with Crippen molar-refractivity contribution in [3.05, 3.63) is 48.2 Å². The smallest absolute Gasteiger partial charge is 0.323 e. The number of carbonyl (C=O) groups is 3. The molecule has 0 saturated heterocycles. The van der Waals surface area contributed by atoms with Crippen LogP contribution in [-0.4, -0.2) is 38.9 Å². The Morgan fingerprint density at radius 2 is 1.47 bits per heavy atom. The first-order chi connectivity index (χ1) is 15.4. The molecule has 0 atom stereocenters. The van der Waals surface area contributed by atoms with Crippen molar-refractivity contribution in [2.75, 3.05) is 16.4 Å². The molecule has 0 aliphatic rings. The first-order valence-corrected chi connectivity index (χ1v) is 11.6. The average Bonchev–Trinajstić information content (AvgIpc) is 2.74. The van der Waals surface area contributed by atoms with Crippen molar-refractivity contribution >= 4 is 41.1 Å². The number of aromatic nitrogens is 1. The summed E-state index contributed by atoms with van der Waals surface area (Å²) in [5, 5.41) is 23.7. The van der Waals surface area contributed by atoms with Crippen LogP contribution in [0.4, 0.5) is 16.2 Å². The molecule has 0 radical (unpaired) electrons. The van der Waals surface area contributed by atoms with Gasteiger partial charge in [0.15, 0.2) is 0 Å². The van der Waals surface area contributed by atoms with Gasteiger partial charge in [0.25, 0.3) is 0 Å². The number of aryl methyl sites for hydroxylation is 1. The van der Waals surface area contributed by atoms with Crippen molar-refractivity contribution in [3.8, 4) is 0 Å². The number of nitrogens with zero attached hydrogens (tertiary/aromatic N) is 1. The standard InChI is InChI=1S/C23H29N3O5S/c27-21(28)7-3-1-2-6-17-9-11-18(12-10-17)25-23(31)26-19-13-14-24-20(16-19)32-15-5-4-8-22(29)30/h9-14,16H,1-8,15H2,(H,27,28)(H,29,30)(H2,24,25,26,31). The molecule has 2 rings (SSSR count). The number of unbranched alkanes of at least 4 members (excludes halogenated alkanes) is 3. The fraction of sp³-hybridized carbons (Fsp3) is 0.391. The van der Waals surface area contributed by atoms with Gasteiger partial charge in [-0.15, -0.1) is 11.8 Å². The fourth-order valence-corrected chi connectivity index (χ4v) is 3.85. The summed E-state index contributed by atoms with van der Waals surface area (Å²) >= 11 is 1.52. The number of hydrogen-bond donors (Lipinski definition) is 4. The fourth-order valence-electron chi connectivity index (χ4n) is 2.95. The van der Waals surface area contributed by atoms with Gasteiger partial charge in [-0.1, -0.05) is 18.6 Å². The van der Waals surface area contributed by atoms with Crippen LogP contribution in [0.2, 0.25) is 0 Å². The molecule has 0 aliphatic heterocycles. The SMILES string of the molecule is O=C(O)CCCCCc1ccc(NC(=O)Nc2ccnc(SCCCCC(=O)O)c2)cc1. The number of urea groups is 1. The van der Waals surface area contributed by atoms with Crippen LogP contribution in [0.1, 0.15) is 50.5 Å². The zero-order valence-corrected chi connectivity index (χ0v) is 18.7. The number of nitrogens with one attached hydrogen (secondary N) is 2. The highest BCUT2D eigenvalue weighted by Crippen LogP contribution is 2.21. The van der Waals surface area contributed by atoms with E-state index in [0.29, 0.717) is 24.2 Å². The molecular weight excluding hydrogens is 430 g/mol. The van der Waals surface area contributed by atoms with Crippen LogP contribution in [0.25, 0.3) is 0 Å². The van der Waals surface area contributed by atoms with E-state index >= 15 is 0 Å². The van der Waals surface area contributed by atoms with E-state index in [2.05, 4.69) is 15.6 Å². The number of carboxylic acids is 2. The second kappa shape index (κ2) is 14.1. The van der Waals surface area contributed by atoms with Crippen LogP contribution < -0.4 is 10.6 Å². The summed E-state index contributed by atoms with van der Waals surface area (Å²) in [6, 6.07) is 10.7. The summed E-state index contributed by atoms with van der Waals surface area (Å²) in [6.07, 6.45) is 6.80. The van der Waals surface area contributed by atoms with Gasteiger partial charge >= 0.3 is 18.0 Å². The molecule has 0 aliphatic carbocycles. The predicted octanol–water partition coefficient (Wildman–Crippen LogP) is 5.26. The summed E-state index contributed by atoms with van der Waals surface area (Å²) in [6.45, 7) is 0. The molecule has 172 valence electrons. The largest absolute Gasteiger partial charge is 0.481 e. The number of anilines is 2. The Balaban J connectivity index is 1.72. The second-order valence-corrected chi connectivity index (χ2v) is 8.43. The van der Waals surface area contributed by atoms with Crippen LogP contribution in [-0.2, 0) is 16.0 Å². The third-order valence-electron chi connectivity index (χ3n) is 4.60. The topological polar surface area (TPSA) is 129 Å². The number of rotatable bonds is 14. The van der Waals surface area contributed by atoms with Gasteiger partial charge in [-0.25, -0.2) is 9.78 Å². The molecule has 0 fully saturated rings. The Bertz CT molecular complexity index is 889. The van der Waals surface area contributed by atoms with Gasteiger partial charge in [-0.3, -0.25) is 9.59 Å². The molecule has 32 heavy (non-hydrogen) atoms. The maximum atomic E-state index is 12.3. The quantitative estimate of drug-likeness (QED) is 0.224. The highest BCUT2D eigenvalue weighted by Gasteiger charge is 2.05. The number of thioether (sulfide) groups is 1. The molecule has 1 heterocycles. The lowest BCUT2D eigenvalue weighted by Crippen LogP contribution is -2.19. The Morgan fingerprint density at radius 1 is 0.812 bits per heavy atom. The normalized spacial score (nSPS) is 10.5. The van der Waals surface area contributed by atoms with E-state index in [9.17, 15) is 14.4 Å². The molecule has 9 heteroatoms. The van der Waals surface area contributed by atoms with Crippen molar-refractivity contribution in [2.45, 2.75) is 56.4 Å². The van der Waals surface area contributed by atoms with Gasteiger partial charge in [-0.05, 0) is 67.7 Å². The Hall–Kier alpha value is -3.07. The molecule has 1 aromatic heterocycles. The number of hydrogen-bond acceptors (Lipinski definition) is 5. The lowest BCUT2D eigenvalue weighted by molar-refractivity contribution is -0.138. The molecule has 4 N–H and O–H groups in total. The van der Waals surface area contributed by atoms with Gasteiger partial charge in [0.2, 0.25) is 0 Å². The number of pyridine rings is 1. The second-order valence-electron chi connectivity index (χ2n) is 7.31. The average molecular weight is 460 g/mol. The van der Waals surface area contributed by atoms with Crippen molar-refractivity contribution < 1.29 is 24.6 Å². The Kier molecular flexibility index (Phi) is 11.1. The van der Waals surface area contributed by atoms with E-state index in [0.717, 1.165) is 42.0 Å². The molecule has 1 aromatic carbocycles. The van der Waals surface area contributed by atoms with Gasteiger partial charge in [0.1, 0.15) is 0 Å². The lowest BCUT2D eigenvalue weighted by Gasteiger charge is -2.09. The van der Waals surface area contributed by atoms with Crippen LogP contribution in [0.15, 0.2) is 47.6 Å². The van der Waals surface area contributed by atoms with Crippen LogP contribution in [0, 0.1) is 0 Å². The molecule has 0 bridgehead atoms. The van der Waals surface area contributed by atoms with E-state index in [1.807, 2.05) is 24.3 Å². The summed E-state index contributed by atoms with van der Waals surface area (Å²) in [4.78, 5) is 37.6. The number of benzene rings is 1. The van der Waals surface area contributed by atoms with Crippen LogP contribution in [0.3, 0.4) is 0 Å². The monoisotopic (exact) mass is 459 g/mol. The number of carbonyl (C=O) groups excluding carboxylic acids is 1. The minimum atomic E-state index is -0.784. The number of carboxylic acid groups (broad SMARTS) is 2. The zero-order chi connectivity index (χ0) is 23.2. The van der Waals surface area contributed by atoms with Gasteiger partial charge in [0.05, 0.1) is 5.03 Å². The first kappa shape index (κ1) is 25.2. The Labute approximate surface area is 191 Å². The van der Waals surface area contributed by atoms with Crippen molar-refractivity contribution in [1.82, 2.24) is 4.98 Å². The van der Waals surface area contributed by atoms with E-state index in [1.165, 1.54) is 11.8 Å².